The molecule has 4 bridgehead atoms. The molecule has 0 aromatic carbocycles. The van der Waals surface area contributed by atoms with Gasteiger partial charge in [-0.15, -0.1) is 0 Å². The monoisotopic (exact) mass is 348 g/mol. The maximum absolute atomic E-state index is 12.7. The van der Waals surface area contributed by atoms with Gasteiger partial charge in [-0.05, 0) is 50.5 Å². The van der Waals surface area contributed by atoms with Crippen LogP contribution in [-0.4, -0.2) is 45.1 Å². The molecular formula is C19H24O6. The van der Waals surface area contributed by atoms with Crippen LogP contribution in [0, 0.1) is 34.5 Å². The van der Waals surface area contributed by atoms with E-state index < -0.39 is 52.4 Å². The van der Waals surface area contributed by atoms with Crippen molar-refractivity contribution in [2.75, 3.05) is 0 Å². The maximum atomic E-state index is 12.7. The lowest BCUT2D eigenvalue weighted by molar-refractivity contribution is -0.166. The molecule has 136 valence electrons. The minimum Gasteiger partial charge on any atom is -0.481 e. The topological polar surface area (TPSA) is 104 Å². The van der Waals surface area contributed by atoms with Crippen LogP contribution in [0.1, 0.15) is 39.0 Å². The second-order valence-electron chi connectivity index (χ2n) is 9.10. The number of fused-ring (bicyclic) bond motifs is 1. The fourth-order valence-corrected chi connectivity index (χ4v) is 7.67. The van der Waals surface area contributed by atoms with E-state index in [1.54, 1.807) is 6.92 Å². The van der Waals surface area contributed by atoms with Crippen LogP contribution in [0.2, 0.25) is 0 Å². The molecule has 5 fully saturated rings. The van der Waals surface area contributed by atoms with E-state index in [0.717, 1.165) is 18.4 Å². The van der Waals surface area contributed by atoms with E-state index in [1.165, 1.54) is 0 Å². The van der Waals surface area contributed by atoms with Gasteiger partial charge in [-0.2, -0.15) is 0 Å². The molecule has 5 rings (SSSR count). The highest BCUT2D eigenvalue weighted by molar-refractivity contribution is 5.85. The molecule has 1 aliphatic heterocycles. The Morgan fingerprint density at radius 1 is 1.28 bits per heavy atom. The number of aliphatic hydroxyl groups excluding tert-OH is 2. The summed E-state index contributed by atoms with van der Waals surface area (Å²) in [7, 11) is 0. The summed E-state index contributed by atoms with van der Waals surface area (Å²) in [5.74, 6) is -3.02. The van der Waals surface area contributed by atoms with Crippen LogP contribution >= 0.6 is 0 Å². The Bertz CT molecular complexity index is 717. The molecule has 25 heavy (non-hydrogen) atoms. The first kappa shape index (κ1) is 15.8. The number of aliphatic carboxylic acids is 1. The van der Waals surface area contributed by atoms with Gasteiger partial charge in [-0.3, -0.25) is 9.59 Å². The van der Waals surface area contributed by atoms with Gasteiger partial charge in [0.15, 0.2) is 0 Å². The zero-order valence-corrected chi connectivity index (χ0v) is 14.3. The SMILES string of the molecule is C=C1[C@@H]2CC[C@H]3[C@@]45CC[C@@H](O)[C@@](C)(C(=O)O4)[C@H]5[C@H](C(=O)O)[C@]3(C2)[C@@H]1O. The van der Waals surface area contributed by atoms with Crippen molar-refractivity contribution in [1.29, 1.82) is 0 Å². The number of hydrogen-bond donors (Lipinski definition) is 3. The minimum absolute atomic E-state index is 0.136. The molecule has 6 nitrogen and oxygen atoms in total. The van der Waals surface area contributed by atoms with E-state index in [2.05, 4.69) is 6.58 Å². The van der Waals surface area contributed by atoms with Crippen LogP contribution in [0.5, 0.6) is 0 Å². The van der Waals surface area contributed by atoms with Gasteiger partial charge in [0, 0.05) is 17.3 Å². The normalized spacial score (nSPS) is 58.7. The predicted molar refractivity (Wildman–Crippen MR) is 85.2 cm³/mol. The van der Waals surface area contributed by atoms with E-state index in [1.807, 2.05) is 0 Å². The van der Waals surface area contributed by atoms with Crippen LogP contribution < -0.4 is 0 Å². The zero-order chi connectivity index (χ0) is 17.9. The van der Waals surface area contributed by atoms with E-state index >= 15 is 0 Å². The van der Waals surface area contributed by atoms with Crippen molar-refractivity contribution in [1.82, 2.24) is 0 Å². The van der Waals surface area contributed by atoms with Gasteiger partial charge < -0.3 is 20.1 Å². The molecule has 1 spiro atoms. The molecule has 1 saturated heterocycles. The Labute approximate surface area is 145 Å². The maximum Gasteiger partial charge on any atom is 0.315 e. The average Bonchev–Trinajstić information content (AvgIpc) is 3.00. The molecule has 1 heterocycles. The van der Waals surface area contributed by atoms with Crippen LogP contribution in [0.4, 0.5) is 0 Å². The lowest BCUT2D eigenvalue weighted by Crippen LogP contribution is -2.53. The van der Waals surface area contributed by atoms with E-state index in [0.29, 0.717) is 19.3 Å². The quantitative estimate of drug-likeness (QED) is 0.484. The van der Waals surface area contributed by atoms with Crippen molar-refractivity contribution in [3.63, 3.8) is 0 Å². The standard InChI is InChI=1S/C19H24O6/c1-8-9-3-4-10-18(7-9,14(8)21)12(15(22)23)13-17(2)11(20)5-6-19(10,13)25-16(17)24/h9-14,20-21H,1,3-7H2,2H3,(H,22,23)/t9-,10-,11-,12-,13-,14-,17-,18-,19-/m1/s1. The third-order valence-corrected chi connectivity index (χ3v) is 8.60. The summed E-state index contributed by atoms with van der Waals surface area (Å²) >= 11 is 0. The molecule has 0 radical (unpaired) electrons. The smallest absolute Gasteiger partial charge is 0.315 e. The molecule has 4 saturated carbocycles. The number of carboxylic acid groups (broad SMARTS) is 1. The van der Waals surface area contributed by atoms with Crippen molar-refractivity contribution in [3.8, 4) is 0 Å². The van der Waals surface area contributed by atoms with Crippen molar-refractivity contribution in [2.24, 2.45) is 34.5 Å². The summed E-state index contributed by atoms with van der Waals surface area (Å²) in [6.45, 7) is 5.71. The first-order valence-corrected chi connectivity index (χ1v) is 9.22. The summed E-state index contributed by atoms with van der Waals surface area (Å²) in [5, 5.41) is 31.9. The predicted octanol–water partition coefficient (Wildman–Crippen LogP) is 1.11. The molecule has 4 aliphatic carbocycles. The van der Waals surface area contributed by atoms with E-state index in [-0.39, 0.29) is 11.8 Å². The lowest BCUT2D eigenvalue weighted by Gasteiger charge is -2.45. The highest BCUT2D eigenvalue weighted by Crippen LogP contribution is 2.77. The van der Waals surface area contributed by atoms with Gasteiger partial charge in [-0.1, -0.05) is 6.58 Å². The van der Waals surface area contributed by atoms with Crippen molar-refractivity contribution in [2.45, 2.75) is 56.8 Å². The van der Waals surface area contributed by atoms with E-state index in [9.17, 15) is 24.9 Å². The van der Waals surface area contributed by atoms with Crippen LogP contribution in [0.15, 0.2) is 12.2 Å². The lowest BCUT2D eigenvalue weighted by atomic mass is 9.59. The number of rotatable bonds is 1. The fraction of sp³-hybridized carbons (Fsp3) is 0.789. The fourth-order valence-electron chi connectivity index (χ4n) is 7.67. The van der Waals surface area contributed by atoms with Crippen LogP contribution in [0.3, 0.4) is 0 Å². The number of carbonyl (C=O) groups excluding carboxylic acids is 1. The molecule has 5 aliphatic rings. The summed E-state index contributed by atoms with van der Waals surface area (Å²) in [4.78, 5) is 25.2. The van der Waals surface area contributed by atoms with Crippen molar-refractivity contribution < 1.29 is 29.6 Å². The number of esters is 1. The highest BCUT2D eigenvalue weighted by Gasteiger charge is 2.84. The van der Waals surface area contributed by atoms with Gasteiger partial charge >= 0.3 is 11.9 Å². The number of carbonyl (C=O) groups is 2. The summed E-state index contributed by atoms with van der Waals surface area (Å²) < 4.78 is 5.95. The minimum atomic E-state index is -1.22. The Morgan fingerprint density at radius 2 is 2.00 bits per heavy atom. The van der Waals surface area contributed by atoms with Crippen LogP contribution in [0.25, 0.3) is 0 Å². The highest BCUT2D eigenvalue weighted by atomic mass is 16.6. The molecule has 0 amide bonds. The molecule has 0 unspecified atom stereocenters. The van der Waals surface area contributed by atoms with Gasteiger partial charge in [-0.25, -0.2) is 0 Å². The Balaban J connectivity index is 1.78. The second kappa shape index (κ2) is 4.29. The third kappa shape index (κ3) is 1.37. The molecule has 6 heteroatoms. The van der Waals surface area contributed by atoms with Gasteiger partial charge in [0.05, 0.1) is 23.5 Å². The van der Waals surface area contributed by atoms with Crippen LogP contribution in [-0.2, 0) is 14.3 Å². The molecule has 3 N–H and O–H groups in total. The second-order valence-corrected chi connectivity index (χ2v) is 9.10. The molecule has 0 aromatic heterocycles. The Hall–Kier alpha value is -1.40. The number of aliphatic hydroxyl groups is 2. The van der Waals surface area contributed by atoms with Gasteiger partial charge in [0.1, 0.15) is 5.60 Å². The number of ether oxygens (including phenoxy) is 1. The first-order valence-electron chi connectivity index (χ1n) is 9.22. The molecule has 0 aromatic rings. The largest absolute Gasteiger partial charge is 0.481 e. The molecular weight excluding hydrogens is 324 g/mol. The Morgan fingerprint density at radius 3 is 2.68 bits per heavy atom. The van der Waals surface area contributed by atoms with Gasteiger partial charge in [0.2, 0.25) is 0 Å². The van der Waals surface area contributed by atoms with Crippen molar-refractivity contribution in [3.05, 3.63) is 12.2 Å². The Kier molecular flexibility index (Phi) is 2.71. The average molecular weight is 348 g/mol. The third-order valence-electron chi connectivity index (χ3n) is 8.60. The molecule has 9 atom stereocenters. The van der Waals surface area contributed by atoms with Crippen molar-refractivity contribution >= 4 is 11.9 Å². The van der Waals surface area contributed by atoms with E-state index in [4.69, 9.17) is 4.74 Å². The zero-order valence-electron chi connectivity index (χ0n) is 14.3. The number of carboxylic acids is 1. The van der Waals surface area contributed by atoms with Gasteiger partial charge in [0.25, 0.3) is 0 Å². The summed E-state index contributed by atoms with van der Waals surface area (Å²) in [6.07, 6.45) is 1.29. The first-order chi connectivity index (χ1) is 11.7. The summed E-state index contributed by atoms with van der Waals surface area (Å²) in [5.41, 5.74) is -2.18. The summed E-state index contributed by atoms with van der Waals surface area (Å²) in [6, 6.07) is 0. The number of hydrogen-bond acceptors (Lipinski definition) is 5.